The van der Waals surface area contributed by atoms with Crippen LogP contribution in [0.1, 0.15) is 36.8 Å². The van der Waals surface area contributed by atoms with Gasteiger partial charge in [0.1, 0.15) is 11.5 Å². The van der Waals surface area contributed by atoms with Gasteiger partial charge in [-0.1, -0.05) is 6.42 Å². The van der Waals surface area contributed by atoms with Crippen LogP contribution in [0.5, 0.6) is 11.5 Å². The van der Waals surface area contributed by atoms with E-state index in [2.05, 4.69) is 14.8 Å². The van der Waals surface area contributed by atoms with Crippen molar-refractivity contribution in [3.05, 3.63) is 41.5 Å². The minimum absolute atomic E-state index is 0.108. The average Bonchev–Trinajstić information content (AvgIpc) is 2.80. The smallest absolute Gasteiger partial charge is 0.305 e. The van der Waals surface area contributed by atoms with Crippen molar-refractivity contribution in [3.8, 4) is 11.5 Å². The summed E-state index contributed by atoms with van der Waals surface area (Å²) in [5.41, 5.74) is 7.35. The van der Waals surface area contributed by atoms with Crippen LogP contribution in [0.4, 0.5) is 11.4 Å². The summed E-state index contributed by atoms with van der Waals surface area (Å²) in [6.45, 7) is 3.58. The zero-order chi connectivity index (χ0) is 26.0. The molecule has 0 saturated heterocycles. The van der Waals surface area contributed by atoms with E-state index in [-0.39, 0.29) is 34.8 Å². The summed E-state index contributed by atoms with van der Waals surface area (Å²) in [5.74, 6) is 0.368. The van der Waals surface area contributed by atoms with E-state index in [1.54, 1.807) is 32.0 Å². The van der Waals surface area contributed by atoms with Crippen LogP contribution in [-0.2, 0) is 24.3 Å². The highest BCUT2D eigenvalue weighted by Gasteiger charge is 2.22. The summed E-state index contributed by atoms with van der Waals surface area (Å²) in [6.07, 6.45) is 2.59. The summed E-state index contributed by atoms with van der Waals surface area (Å²) in [5, 5.41) is 2.75. The number of hydrogen-bond donors (Lipinski definition) is 3. The second kappa shape index (κ2) is 12.8. The van der Waals surface area contributed by atoms with Gasteiger partial charge in [0.2, 0.25) is 0 Å². The Morgan fingerprint density at radius 1 is 0.971 bits per heavy atom. The molecule has 0 radical (unpaired) electrons. The molecule has 0 aliphatic carbocycles. The van der Waals surface area contributed by atoms with Gasteiger partial charge < -0.3 is 25.3 Å². The number of carbonyl (C=O) groups is 2. The number of hydrogen-bond acceptors (Lipinski definition) is 8. The van der Waals surface area contributed by atoms with Crippen molar-refractivity contribution in [1.82, 2.24) is 5.32 Å². The Morgan fingerprint density at radius 3 is 2.26 bits per heavy atom. The molecule has 0 atom stereocenters. The number of nitrogens with one attached hydrogen (secondary N) is 2. The van der Waals surface area contributed by atoms with Crippen LogP contribution in [0.3, 0.4) is 0 Å². The number of benzene rings is 2. The largest absolute Gasteiger partial charge is 0.497 e. The summed E-state index contributed by atoms with van der Waals surface area (Å²) in [4.78, 5) is 23.2. The Labute approximate surface area is 206 Å². The number of carbonyl (C=O) groups excluding carboxylic acids is 2. The quantitative estimate of drug-likeness (QED) is 0.213. The number of nitrogens with two attached hydrogens (primary N) is 1. The van der Waals surface area contributed by atoms with Gasteiger partial charge in [0.25, 0.3) is 15.9 Å². The third-order valence-corrected chi connectivity index (χ3v) is 6.85. The van der Waals surface area contributed by atoms with Crippen molar-refractivity contribution in [2.75, 3.05) is 37.8 Å². The minimum atomic E-state index is -3.93. The minimum Gasteiger partial charge on any atom is -0.497 e. The Bertz CT molecular complexity index is 1130. The topological polar surface area (TPSA) is 146 Å². The van der Waals surface area contributed by atoms with E-state index in [9.17, 15) is 18.0 Å². The molecule has 0 unspecified atom stereocenters. The predicted octanol–water partition coefficient (Wildman–Crippen LogP) is 2.92. The van der Waals surface area contributed by atoms with Gasteiger partial charge in [-0.25, -0.2) is 8.42 Å². The fourth-order valence-corrected chi connectivity index (χ4v) is 5.02. The first kappa shape index (κ1) is 27.8. The van der Waals surface area contributed by atoms with Crippen molar-refractivity contribution in [3.63, 3.8) is 0 Å². The molecule has 2 aromatic carbocycles. The maximum Gasteiger partial charge on any atom is 0.305 e. The molecule has 1 amide bonds. The molecule has 0 spiro atoms. The molecule has 2 aromatic rings. The van der Waals surface area contributed by atoms with Crippen molar-refractivity contribution >= 4 is 33.3 Å². The second-order valence-electron chi connectivity index (χ2n) is 7.97. The van der Waals surface area contributed by atoms with Crippen molar-refractivity contribution in [1.29, 1.82) is 0 Å². The molecule has 0 aromatic heterocycles. The molecular formula is C24H33N3O7S. The number of aryl methyl sites for hydroxylation is 2. The molecule has 11 heteroatoms. The second-order valence-corrected chi connectivity index (χ2v) is 9.59. The zero-order valence-electron chi connectivity index (χ0n) is 20.5. The van der Waals surface area contributed by atoms with E-state index in [0.29, 0.717) is 42.0 Å². The summed E-state index contributed by atoms with van der Waals surface area (Å²) in [7, 11) is -1.08. The molecule has 0 saturated carbocycles. The molecule has 0 fully saturated rings. The van der Waals surface area contributed by atoms with Gasteiger partial charge >= 0.3 is 5.97 Å². The molecule has 192 valence electrons. The van der Waals surface area contributed by atoms with Crippen LogP contribution < -0.4 is 25.2 Å². The van der Waals surface area contributed by atoms with Crippen LogP contribution in [0.2, 0.25) is 0 Å². The van der Waals surface area contributed by atoms with Crippen LogP contribution in [-0.4, -0.2) is 47.7 Å². The maximum absolute atomic E-state index is 13.0. The Hall–Kier alpha value is -3.47. The predicted molar refractivity (Wildman–Crippen MR) is 133 cm³/mol. The number of rotatable bonds is 13. The lowest BCUT2D eigenvalue weighted by molar-refractivity contribution is -0.140. The lowest BCUT2D eigenvalue weighted by Gasteiger charge is -2.16. The molecule has 0 heterocycles. The number of anilines is 2. The Balaban J connectivity index is 1.93. The van der Waals surface area contributed by atoms with Gasteiger partial charge in [-0.15, -0.1) is 0 Å². The first-order valence-electron chi connectivity index (χ1n) is 11.1. The van der Waals surface area contributed by atoms with Gasteiger partial charge in [0.15, 0.2) is 6.61 Å². The van der Waals surface area contributed by atoms with Crippen LogP contribution in [0.15, 0.2) is 35.2 Å². The SMILES string of the molecule is COC(=O)CCCCCNC(=O)COc1cc(C)c(S(=O)(=O)Nc2ccc(OC)cc2N)c(C)c1. The summed E-state index contributed by atoms with van der Waals surface area (Å²) >= 11 is 0. The van der Waals surface area contributed by atoms with E-state index < -0.39 is 10.0 Å². The van der Waals surface area contributed by atoms with Gasteiger partial charge in [-0.05, 0) is 62.1 Å². The number of sulfonamides is 1. The molecule has 0 aliphatic rings. The molecule has 2 rings (SSSR count). The third kappa shape index (κ3) is 8.36. The van der Waals surface area contributed by atoms with E-state index in [0.717, 1.165) is 12.8 Å². The standard InChI is InChI=1S/C24H33N3O7S/c1-16-12-19(34-15-22(28)26-11-7-5-6-8-23(29)33-4)13-17(2)24(16)35(30,31)27-21-10-9-18(32-3)14-20(21)25/h9-10,12-14,27H,5-8,11,15,25H2,1-4H3,(H,26,28). The molecule has 35 heavy (non-hydrogen) atoms. The number of ether oxygens (including phenoxy) is 3. The zero-order valence-corrected chi connectivity index (χ0v) is 21.3. The van der Waals surface area contributed by atoms with Gasteiger partial charge in [-0.2, -0.15) is 0 Å². The summed E-state index contributed by atoms with van der Waals surface area (Å²) in [6, 6.07) is 7.81. The number of esters is 1. The molecule has 0 aliphatic heterocycles. The lowest BCUT2D eigenvalue weighted by Crippen LogP contribution is -2.29. The fraction of sp³-hybridized carbons (Fsp3) is 0.417. The van der Waals surface area contributed by atoms with E-state index >= 15 is 0 Å². The van der Waals surface area contributed by atoms with Crippen molar-refractivity contribution < 1.29 is 32.2 Å². The Kier molecular flexibility index (Phi) is 10.2. The number of methoxy groups -OCH3 is 2. The van der Waals surface area contributed by atoms with E-state index in [1.807, 2.05) is 0 Å². The van der Waals surface area contributed by atoms with Gasteiger partial charge in [-0.3, -0.25) is 14.3 Å². The summed E-state index contributed by atoms with van der Waals surface area (Å²) < 4.78 is 43.8. The monoisotopic (exact) mass is 507 g/mol. The normalized spacial score (nSPS) is 11.0. The van der Waals surface area contributed by atoms with Crippen LogP contribution in [0.25, 0.3) is 0 Å². The highest BCUT2D eigenvalue weighted by atomic mass is 32.2. The first-order valence-corrected chi connectivity index (χ1v) is 12.6. The highest BCUT2D eigenvalue weighted by molar-refractivity contribution is 7.92. The van der Waals surface area contributed by atoms with Gasteiger partial charge in [0, 0.05) is 19.0 Å². The van der Waals surface area contributed by atoms with E-state index in [1.165, 1.54) is 26.4 Å². The molecule has 0 bridgehead atoms. The van der Waals surface area contributed by atoms with Crippen LogP contribution >= 0.6 is 0 Å². The van der Waals surface area contributed by atoms with Crippen LogP contribution in [0, 0.1) is 13.8 Å². The molecule has 4 N–H and O–H groups in total. The van der Waals surface area contributed by atoms with Crippen molar-refractivity contribution in [2.24, 2.45) is 0 Å². The van der Waals surface area contributed by atoms with Crippen molar-refractivity contribution in [2.45, 2.75) is 44.4 Å². The number of amides is 1. The highest BCUT2D eigenvalue weighted by Crippen LogP contribution is 2.30. The number of unbranched alkanes of at least 4 members (excludes halogenated alkanes) is 2. The third-order valence-electron chi connectivity index (χ3n) is 5.18. The average molecular weight is 508 g/mol. The molecular weight excluding hydrogens is 474 g/mol. The van der Waals surface area contributed by atoms with E-state index in [4.69, 9.17) is 15.2 Å². The first-order chi connectivity index (χ1) is 16.6. The lowest BCUT2D eigenvalue weighted by atomic mass is 10.1. The number of nitrogen functional groups attached to an aromatic ring is 1. The maximum atomic E-state index is 13.0. The fourth-order valence-electron chi connectivity index (χ4n) is 3.48. The Morgan fingerprint density at radius 2 is 1.66 bits per heavy atom. The molecule has 10 nitrogen and oxygen atoms in total. The van der Waals surface area contributed by atoms with Gasteiger partial charge in [0.05, 0.1) is 30.5 Å².